The van der Waals surface area contributed by atoms with Gasteiger partial charge in [0.1, 0.15) is 11.6 Å². The van der Waals surface area contributed by atoms with E-state index in [0.717, 1.165) is 0 Å². The predicted molar refractivity (Wildman–Crippen MR) is 59.8 cm³/mol. The summed E-state index contributed by atoms with van der Waals surface area (Å²) in [5.74, 6) is -2.53. The summed E-state index contributed by atoms with van der Waals surface area (Å²) in [5, 5.41) is 8.74. The third-order valence-corrected chi connectivity index (χ3v) is 2.42. The van der Waals surface area contributed by atoms with Gasteiger partial charge in [-0.3, -0.25) is 9.59 Å². The van der Waals surface area contributed by atoms with E-state index in [1.807, 2.05) is 0 Å². The van der Waals surface area contributed by atoms with Crippen molar-refractivity contribution in [3.63, 3.8) is 0 Å². The third kappa shape index (κ3) is 4.61. The van der Waals surface area contributed by atoms with Crippen LogP contribution < -0.4 is 5.73 Å². The van der Waals surface area contributed by atoms with Gasteiger partial charge in [0.2, 0.25) is 0 Å². The summed E-state index contributed by atoms with van der Waals surface area (Å²) in [7, 11) is 0. The molecule has 0 saturated carbocycles. The van der Waals surface area contributed by atoms with E-state index in [2.05, 4.69) is 0 Å². The maximum atomic E-state index is 11.7. The highest BCUT2D eigenvalue weighted by atomic mass is 16.6. The maximum absolute atomic E-state index is 11.7. The first-order valence-electron chi connectivity index (χ1n) is 5.27. The fraction of sp³-hybridized carbons (Fsp3) is 0.818. The van der Waals surface area contributed by atoms with Gasteiger partial charge in [-0.25, -0.2) is 0 Å². The third-order valence-electron chi connectivity index (χ3n) is 2.42. The van der Waals surface area contributed by atoms with Crippen molar-refractivity contribution in [2.75, 3.05) is 0 Å². The highest BCUT2D eigenvalue weighted by Crippen LogP contribution is 2.19. The fourth-order valence-corrected chi connectivity index (χ4v) is 1.15. The molecule has 0 heterocycles. The van der Waals surface area contributed by atoms with Gasteiger partial charge in [0.15, 0.2) is 0 Å². The van der Waals surface area contributed by atoms with Gasteiger partial charge in [0.25, 0.3) is 0 Å². The van der Waals surface area contributed by atoms with Crippen LogP contribution in [0.2, 0.25) is 0 Å². The second kappa shape index (κ2) is 5.30. The molecule has 0 aliphatic rings. The van der Waals surface area contributed by atoms with Gasteiger partial charge in [-0.1, -0.05) is 13.8 Å². The van der Waals surface area contributed by atoms with Gasteiger partial charge in [-0.05, 0) is 26.7 Å². The fourth-order valence-electron chi connectivity index (χ4n) is 1.15. The van der Waals surface area contributed by atoms with E-state index in [-0.39, 0.29) is 0 Å². The van der Waals surface area contributed by atoms with E-state index in [4.69, 9.17) is 15.6 Å². The van der Waals surface area contributed by atoms with Crippen LogP contribution in [-0.4, -0.2) is 28.7 Å². The Morgan fingerprint density at radius 1 is 1.25 bits per heavy atom. The molecule has 0 amide bonds. The van der Waals surface area contributed by atoms with Crippen LogP contribution in [-0.2, 0) is 14.3 Å². The van der Waals surface area contributed by atoms with Crippen LogP contribution >= 0.6 is 0 Å². The molecule has 0 aromatic rings. The largest absolute Gasteiger partial charge is 0.480 e. The number of aliphatic carboxylic acids is 1. The van der Waals surface area contributed by atoms with Crippen molar-refractivity contribution in [3.05, 3.63) is 0 Å². The minimum Gasteiger partial charge on any atom is -0.480 e. The lowest BCUT2D eigenvalue weighted by molar-refractivity contribution is -0.161. The Morgan fingerprint density at radius 3 is 2.00 bits per heavy atom. The van der Waals surface area contributed by atoms with Crippen molar-refractivity contribution < 1.29 is 19.4 Å². The van der Waals surface area contributed by atoms with Crippen molar-refractivity contribution in [3.8, 4) is 0 Å². The van der Waals surface area contributed by atoms with Crippen LogP contribution in [0.1, 0.15) is 34.6 Å². The van der Waals surface area contributed by atoms with Crippen LogP contribution in [0.25, 0.3) is 0 Å². The van der Waals surface area contributed by atoms with E-state index < -0.39 is 35.4 Å². The molecular formula is C11H21NO4. The van der Waals surface area contributed by atoms with Crippen molar-refractivity contribution >= 4 is 11.9 Å². The molecule has 0 bridgehead atoms. The molecule has 0 radical (unpaired) electrons. The molecule has 0 saturated heterocycles. The molecule has 3 atom stereocenters. The Hall–Kier alpha value is -1.10. The summed E-state index contributed by atoms with van der Waals surface area (Å²) in [6.45, 7) is 8.55. The van der Waals surface area contributed by atoms with Crippen molar-refractivity contribution in [1.82, 2.24) is 0 Å². The lowest BCUT2D eigenvalue weighted by Crippen LogP contribution is -2.42. The zero-order valence-electron chi connectivity index (χ0n) is 10.5. The molecule has 0 aliphatic carbocycles. The lowest BCUT2D eigenvalue weighted by Gasteiger charge is -2.26. The second-order valence-corrected chi connectivity index (χ2v) is 5.05. The van der Waals surface area contributed by atoms with Crippen LogP contribution in [0.3, 0.4) is 0 Å². The molecule has 5 nitrogen and oxygen atoms in total. The molecule has 0 fully saturated rings. The number of carboxylic acid groups (broad SMARTS) is 1. The quantitative estimate of drug-likeness (QED) is 0.705. The predicted octanol–water partition coefficient (Wildman–Crippen LogP) is 1.01. The Labute approximate surface area is 96.0 Å². The number of hydrogen-bond acceptors (Lipinski definition) is 4. The van der Waals surface area contributed by atoms with Gasteiger partial charge in [0.05, 0.1) is 5.92 Å². The number of nitrogens with two attached hydrogens (primary N) is 1. The molecule has 0 rings (SSSR count). The number of carbonyl (C=O) groups excluding carboxylic acids is 1. The Morgan fingerprint density at radius 2 is 1.69 bits per heavy atom. The number of hydrogen-bond donors (Lipinski definition) is 2. The average molecular weight is 231 g/mol. The topological polar surface area (TPSA) is 89.6 Å². The van der Waals surface area contributed by atoms with E-state index in [9.17, 15) is 9.59 Å². The maximum Gasteiger partial charge on any atom is 0.320 e. The highest BCUT2D eigenvalue weighted by Gasteiger charge is 2.32. The number of esters is 1. The first-order valence-corrected chi connectivity index (χ1v) is 5.27. The molecule has 5 heteroatoms. The molecule has 0 aromatic heterocycles. The minimum atomic E-state index is -1.11. The molecule has 3 N–H and O–H groups in total. The summed E-state index contributed by atoms with van der Waals surface area (Å²) in [5.41, 5.74) is 4.88. The number of carboxylic acids is 1. The molecule has 0 spiro atoms. The normalized spacial score (nSPS) is 17.4. The summed E-state index contributed by atoms with van der Waals surface area (Å²) < 4.78 is 5.16. The van der Waals surface area contributed by atoms with Gasteiger partial charge in [0, 0.05) is 0 Å². The monoisotopic (exact) mass is 231 g/mol. The zero-order chi connectivity index (χ0) is 13.1. The Kier molecular flexibility index (Phi) is 4.93. The van der Waals surface area contributed by atoms with Crippen LogP contribution in [0.5, 0.6) is 0 Å². The van der Waals surface area contributed by atoms with E-state index in [0.29, 0.717) is 0 Å². The number of carbonyl (C=O) groups is 2. The van der Waals surface area contributed by atoms with Crippen LogP contribution in [0.15, 0.2) is 0 Å². The molecular weight excluding hydrogens is 210 g/mol. The summed E-state index contributed by atoms with van der Waals surface area (Å²) >= 11 is 0. The van der Waals surface area contributed by atoms with Gasteiger partial charge in [-0.2, -0.15) is 0 Å². The SMILES string of the molecule is CC(C(=O)OC(C)(C)C)C(C)C(N)C(=O)O. The summed E-state index contributed by atoms with van der Waals surface area (Å²) in [6, 6.07) is -1.05. The zero-order valence-corrected chi connectivity index (χ0v) is 10.5. The summed E-state index contributed by atoms with van der Waals surface area (Å²) in [4.78, 5) is 22.3. The first kappa shape index (κ1) is 14.9. The molecule has 0 aliphatic heterocycles. The molecule has 94 valence electrons. The highest BCUT2D eigenvalue weighted by molar-refractivity contribution is 5.77. The van der Waals surface area contributed by atoms with E-state index in [1.165, 1.54) is 0 Å². The Bertz CT molecular complexity index is 270. The van der Waals surface area contributed by atoms with Gasteiger partial charge < -0.3 is 15.6 Å². The second-order valence-electron chi connectivity index (χ2n) is 5.05. The van der Waals surface area contributed by atoms with Gasteiger partial charge in [-0.15, -0.1) is 0 Å². The van der Waals surface area contributed by atoms with Crippen LogP contribution in [0, 0.1) is 11.8 Å². The minimum absolute atomic E-state index is 0.420. The molecule has 3 unspecified atom stereocenters. The number of ether oxygens (including phenoxy) is 1. The standard InChI is InChI=1S/C11H21NO4/c1-6(8(12)9(13)14)7(2)10(15)16-11(3,4)5/h6-8H,12H2,1-5H3,(H,13,14). The Balaban J connectivity index is 4.50. The summed E-state index contributed by atoms with van der Waals surface area (Å²) in [6.07, 6.45) is 0. The van der Waals surface area contributed by atoms with Gasteiger partial charge >= 0.3 is 11.9 Å². The molecule has 16 heavy (non-hydrogen) atoms. The van der Waals surface area contributed by atoms with Crippen LogP contribution in [0.4, 0.5) is 0 Å². The smallest absolute Gasteiger partial charge is 0.320 e. The number of rotatable bonds is 4. The average Bonchev–Trinajstić information content (AvgIpc) is 2.11. The van der Waals surface area contributed by atoms with E-state index in [1.54, 1.807) is 34.6 Å². The van der Waals surface area contributed by atoms with Crippen molar-refractivity contribution in [1.29, 1.82) is 0 Å². The lowest BCUT2D eigenvalue weighted by atomic mass is 9.89. The first-order chi connectivity index (χ1) is 7.06. The molecule has 0 aromatic carbocycles. The van der Waals surface area contributed by atoms with Crippen molar-refractivity contribution in [2.24, 2.45) is 17.6 Å². The van der Waals surface area contributed by atoms with Crippen molar-refractivity contribution in [2.45, 2.75) is 46.3 Å². The van der Waals surface area contributed by atoms with E-state index >= 15 is 0 Å².